The molecular weight excluding hydrogens is 324 g/mol. The molecule has 0 unspecified atom stereocenters. The van der Waals surface area contributed by atoms with Crippen molar-refractivity contribution in [1.82, 2.24) is 9.78 Å². The van der Waals surface area contributed by atoms with E-state index in [-0.39, 0.29) is 13.0 Å². The van der Waals surface area contributed by atoms with E-state index in [1.54, 1.807) is 40.0 Å². The van der Waals surface area contributed by atoms with E-state index in [1.165, 1.54) is 4.68 Å². The molecule has 0 spiro atoms. The fourth-order valence-electron chi connectivity index (χ4n) is 2.56. The fourth-order valence-corrected chi connectivity index (χ4v) is 2.56. The molecule has 1 aromatic carbocycles. The zero-order valence-corrected chi connectivity index (χ0v) is 15.2. The van der Waals surface area contributed by atoms with Crippen molar-refractivity contribution in [3.63, 3.8) is 0 Å². The number of benzene rings is 1. The quantitative estimate of drug-likeness (QED) is 0.854. The normalized spacial score (nSPS) is 12.9. The molecule has 1 heterocycles. The number of aryl methyl sites for hydroxylation is 1. The summed E-state index contributed by atoms with van der Waals surface area (Å²) in [7, 11) is 0. The summed E-state index contributed by atoms with van der Waals surface area (Å²) in [4.78, 5) is 23.9. The lowest BCUT2D eigenvalue weighted by Crippen LogP contribution is -2.27. The van der Waals surface area contributed by atoms with Crippen molar-refractivity contribution in [2.75, 3.05) is 6.61 Å². The van der Waals surface area contributed by atoms with E-state index in [9.17, 15) is 14.7 Å². The number of carbonyl (C=O) groups is 2. The standard InChI is InChI=1S/C18H24N2O5/c1-6-24-16(22)14(21)9-12-7-11(2)15-13(8-12)10-19-20(15)17(23)25-18(3,4)5/h7-8,10,14,21H,6,9H2,1-5H3/t14-/m1/s1. The van der Waals surface area contributed by atoms with Gasteiger partial charge in [-0.25, -0.2) is 9.59 Å². The number of aliphatic hydroxyl groups is 1. The van der Waals surface area contributed by atoms with Gasteiger partial charge in [0.05, 0.1) is 18.3 Å². The molecule has 0 aliphatic heterocycles. The van der Waals surface area contributed by atoms with Gasteiger partial charge in [-0.1, -0.05) is 6.07 Å². The summed E-state index contributed by atoms with van der Waals surface area (Å²) in [6.07, 6.45) is -0.0812. The number of aliphatic hydroxyl groups excluding tert-OH is 1. The third-order valence-electron chi connectivity index (χ3n) is 3.47. The van der Waals surface area contributed by atoms with Crippen LogP contribution in [0.4, 0.5) is 4.79 Å². The Hall–Kier alpha value is -2.41. The molecule has 0 aliphatic rings. The van der Waals surface area contributed by atoms with Gasteiger partial charge in [0, 0.05) is 11.8 Å². The van der Waals surface area contributed by atoms with Gasteiger partial charge in [-0.05, 0) is 51.8 Å². The van der Waals surface area contributed by atoms with Gasteiger partial charge < -0.3 is 14.6 Å². The second kappa shape index (κ2) is 7.23. The van der Waals surface area contributed by atoms with E-state index >= 15 is 0 Å². The van der Waals surface area contributed by atoms with Gasteiger partial charge in [-0.3, -0.25) is 0 Å². The third kappa shape index (κ3) is 4.57. The van der Waals surface area contributed by atoms with E-state index in [0.717, 1.165) is 16.5 Å². The van der Waals surface area contributed by atoms with Gasteiger partial charge >= 0.3 is 12.1 Å². The molecule has 136 valence electrons. The van der Waals surface area contributed by atoms with Gasteiger partial charge in [0.25, 0.3) is 0 Å². The number of esters is 1. The Morgan fingerprint density at radius 3 is 2.60 bits per heavy atom. The number of carbonyl (C=O) groups excluding carboxylic acids is 2. The predicted molar refractivity (Wildman–Crippen MR) is 92.4 cm³/mol. The Bertz CT molecular complexity index is 789. The summed E-state index contributed by atoms with van der Waals surface area (Å²) >= 11 is 0. The molecule has 1 atom stereocenters. The molecule has 0 saturated heterocycles. The van der Waals surface area contributed by atoms with Crippen LogP contribution in [0.5, 0.6) is 0 Å². The molecule has 0 radical (unpaired) electrons. The Labute approximate surface area is 146 Å². The lowest BCUT2D eigenvalue weighted by molar-refractivity contribution is -0.152. The predicted octanol–water partition coefficient (Wildman–Crippen LogP) is 2.59. The molecule has 2 aromatic rings. The van der Waals surface area contributed by atoms with Crippen LogP contribution >= 0.6 is 0 Å². The Morgan fingerprint density at radius 2 is 2.00 bits per heavy atom. The van der Waals surface area contributed by atoms with Crippen LogP contribution in [-0.2, 0) is 20.7 Å². The van der Waals surface area contributed by atoms with E-state index in [2.05, 4.69) is 5.10 Å². The molecule has 25 heavy (non-hydrogen) atoms. The van der Waals surface area contributed by atoms with Crippen LogP contribution < -0.4 is 0 Å². The lowest BCUT2D eigenvalue weighted by atomic mass is 10.0. The highest BCUT2D eigenvalue weighted by Gasteiger charge is 2.22. The lowest BCUT2D eigenvalue weighted by Gasteiger charge is -2.19. The minimum absolute atomic E-state index is 0.132. The second-order valence-corrected chi connectivity index (χ2v) is 6.86. The van der Waals surface area contributed by atoms with E-state index in [1.807, 2.05) is 13.0 Å². The number of ether oxygens (including phenoxy) is 2. The summed E-state index contributed by atoms with van der Waals surface area (Å²) in [5.74, 6) is -0.648. The zero-order chi connectivity index (χ0) is 18.8. The second-order valence-electron chi connectivity index (χ2n) is 6.86. The largest absolute Gasteiger partial charge is 0.464 e. The summed E-state index contributed by atoms with van der Waals surface area (Å²) in [6, 6.07) is 3.60. The number of hydrogen-bond acceptors (Lipinski definition) is 6. The molecule has 7 heteroatoms. The van der Waals surface area contributed by atoms with Crippen molar-refractivity contribution in [1.29, 1.82) is 0 Å². The minimum Gasteiger partial charge on any atom is -0.464 e. The summed E-state index contributed by atoms with van der Waals surface area (Å²) in [6.45, 7) is 9.11. The van der Waals surface area contributed by atoms with Crippen LogP contribution in [0.2, 0.25) is 0 Å². The third-order valence-corrected chi connectivity index (χ3v) is 3.47. The number of fused-ring (bicyclic) bond motifs is 1. The fraction of sp³-hybridized carbons (Fsp3) is 0.500. The van der Waals surface area contributed by atoms with Crippen molar-refractivity contribution in [2.45, 2.75) is 52.7 Å². The molecule has 0 amide bonds. The van der Waals surface area contributed by atoms with E-state index in [4.69, 9.17) is 9.47 Å². The number of nitrogens with zero attached hydrogens (tertiary/aromatic N) is 2. The van der Waals surface area contributed by atoms with Crippen molar-refractivity contribution >= 4 is 23.0 Å². The van der Waals surface area contributed by atoms with E-state index in [0.29, 0.717) is 5.52 Å². The maximum atomic E-state index is 12.3. The molecule has 0 aliphatic carbocycles. The minimum atomic E-state index is -1.22. The highest BCUT2D eigenvalue weighted by molar-refractivity contribution is 5.90. The van der Waals surface area contributed by atoms with Gasteiger partial charge in [0.1, 0.15) is 5.60 Å². The molecule has 0 fully saturated rings. The molecule has 0 bridgehead atoms. The Morgan fingerprint density at radius 1 is 1.32 bits per heavy atom. The average Bonchev–Trinajstić information content (AvgIpc) is 2.90. The molecule has 1 N–H and O–H groups in total. The summed E-state index contributed by atoms with van der Waals surface area (Å²) in [5, 5.41) is 14.8. The van der Waals surface area contributed by atoms with Gasteiger partial charge in [-0.2, -0.15) is 9.78 Å². The number of aromatic nitrogens is 2. The van der Waals surface area contributed by atoms with Gasteiger partial charge in [0.2, 0.25) is 0 Å². The van der Waals surface area contributed by atoms with Crippen molar-refractivity contribution in [2.24, 2.45) is 0 Å². The summed E-state index contributed by atoms with van der Waals surface area (Å²) < 4.78 is 11.4. The van der Waals surface area contributed by atoms with Crippen LogP contribution in [0, 0.1) is 6.92 Å². The van der Waals surface area contributed by atoms with Crippen LogP contribution in [-0.4, -0.2) is 45.3 Å². The maximum absolute atomic E-state index is 12.3. The molecule has 7 nitrogen and oxygen atoms in total. The Balaban J connectivity index is 2.29. The molecule has 0 saturated carbocycles. The topological polar surface area (TPSA) is 90.6 Å². The maximum Gasteiger partial charge on any atom is 0.435 e. The first-order chi connectivity index (χ1) is 11.6. The van der Waals surface area contributed by atoms with Gasteiger partial charge in [-0.15, -0.1) is 0 Å². The van der Waals surface area contributed by atoms with Crippen molar-refractivity contribution in [3.8, 4) is 0 Å². The molecular formula is C18H24N2O5. The first-order valence-electron chi connectivity index (χ1n) is 8.17. The zero-order valence-electron chi connectivity index (χ0n) is 15.2. The van der Waals surface area contributed by atoms with Crippen LogP contribution in [0.3, 0.4) is 0 Å². The average molecular weight is 348 g/mol. The Kier molecular flexibility index (Phi) is 5.47. The highest BCUT2D eigenvalue weighted by atomic mass is 16.6. The highest BCUT2D eigenvalue weighted by Crippen LogP contribution is 2.23. The van der Waals surface area contributed by atoms with Crippen molar-refractivity contribution < 1.29 is 24.2 Å². The SMILES string of the molecule is CCOC(=O)[C@H](O)Cc1cc(C)c2c(cnn2C(=O)OC(C)(C)C)c1. The molecule has 1 aromatic heterocycles. The van der Waals surface area contributed by atoms with Crippen molar-refractivity contribution in [3.05, 3.63) is 29.5 Å². The molecule has 2 rings (SSSR count). The van der Waals surface area contributed by atoms with Crippen LogP contribution in [0.1, 0.15) is 38.8 Å². The summed E-state index contributed by atoms with van der Waals surface area (Å²) in [5.41, 5.74) is 1.58. The monoisotopic (exact) mass is 348 g/mol. The number of rotatable bonds is 4. The first-order valence-corrected chi connectivity index (χ1v) is 8.17. The van der Waals surface area contributed by atoms with Crippen LogP contribution in [0.25, 0.3) is 10.9 Å². The number of hydrogen-bond donors (Lipinski definition) is 1. The van der Waals surface area contributed by atoms with Crippen LogP contribution in [0.15, 0.2) is 18.3 Å². The smallest absolute Gasteiger partial charge is 0.435 e. The first kappa shape index (κ1) is 18.9. The van der Waals surface area contributed by atoms with Gasteiger partial charge in [0.15, 0.2) is 6.10 Å². The van der Waals surface area contributed by atoms with E-state index < -0.39 is 23.8 Å².